The van der Waals surface area contributed by atoms with E-state index < -0.39 is 9.84 Å². The zero-order valence-electron chi connectivity index (χ0n) is 14.7. The summed E-state index contributed by atoms with van der Waals surface area (Å²) in [5.74, 6) is 0.757. The van der Waals surface area contributed by atoms with E-state index in [-0.39, 0.29) is 36.1 Å². The molecule has 26 heavy (non-hydrogen) atoms. The van der Waals surface area contributed by atoms with Crippen molar-refractivity contribution in [3.63, 3.8) is 0 Å². The van der Waals surface area contributed by atoms with Crippen LogP contribution >= 0.6 is 0 Å². The highest BCUT2D eigenvalue weighted by atomic mass is 32.2. The first-order valence-corrected chi connectivity index (χ1v) is 10.6. The van der Waals surface area contributed by atoms with Gasteiger partial charge in [-0.25, -0.2) is 8.42 Å². The van der Waals surface area contributed by atoms with Crippen molar-refractivity contribution in [2.24, 2.45) is 0 Å². The number of hydrogen-bond donors (Lipinski definition) is 0. The lowest BCUT2D eigenvalue weighted by Gasteiger charge is -2.28. The monoisotopic (exact) mass is 381 g/mol. The number of carbonyl (C=O) groups excluding carboxylic acids is 2. The van der Waals surface area contributed by atoms with E-state index in [1.54, 1.807) is 23.1 Å². The molecule has 2 fully saturated rings. The standard InChI is InChI=1S/C18H23NO6S/c1-2-24-17-9-13(10-20)3-6-16(17)25-11-18(21)19(14-4-5-14)15-7-8-26(22,23)12-15/h3,6,9-10,14-15H,2,4-5,7-8,11-12H2,1H3/t15-/m0/s1. The minimum atomic E-state index is -3.06. The molecule has 0 radical (unpaired) electrons. The number of nitrogens with zero attached hydrogens (tertiary/aromatic N) is 1. The summed E-state index contributed by atoms with van der Waals surface area (Å²) < 4.78 is 34.6. The Hall–Kier alpha value is -2.09. The third-order valence-electron chi connectivity index (χ3n) is 4.58. The Labute approximate surface area is 153 Å². The minimum Gasteiger partial charge on any atom is -0.490 e. The molecule has 1 aliphatic heterocycles. The molecule has 1 amide bonds. The van der Waals surface area contributed by atoms with Crippen LogP contribution in [0.1, 0.15) is 36.5 Å². The van der Waals surface area contributed by atoms with E-state index >= 15 is 0 Å². The maximum Gasteiger partial charge on any atom is 0.261 e. The van der Waals surface area contributed by atoms with Gasteiger partial charge in [0.1, 0.15) is 6.29 Å². The third kappa shape index (κ3) is 4.35. The third-order valence-corrected chi connectivity index (χ3v) is 6.34. The summed E-state index contributed by atoms with van der Waals surface area (Å²) in [5.41, 5.74) is 0.461. The van der Waals surface area contributed by atoms with Gasteiger partial charge in [0, 0.05) is 17.6 Å². The Bertz CT molecular complexity index is 787. The number of amides is 1. The highest BCUT2D eigenvalue weighted by Crippen LogP contribution is 2.33. The van der Waals surface area contributed by atoms with Crippen molar-refractivity contribution in [2.75, 3.05) is 24.7 Å². The lowest BCUT2D eigenvalue weighted by atomic mass is 10.2. The number of ether oxygens (including phenoxy) is 2. The van der Waals surface area contributed by atoms with Crippen LogP contribution in [0.15, 0.2) is 18.2 Å². The van der Waals surface area contributed by atoms with Crippen molar-refractivity contribution in [3.8, 4) is 11.5 Å². The smallest absolute Gasteiger partial charge is 0.261 e. The minimum absolute atomic E-state index is 0.0352. The van der Waals surface area contributed by atoms with Crippen LogP contribution in [0, 0.1) is 0 Å². The van der Waals surface area contributed by atoms with Crippen LogP contribution in [-0.2, 0) is 14.6 Å². The van der Waals surface area contributed by atoms with E-state index in [1.807, 2.05) is 6.92 Å². The Balaban J connectivity index is 1.68. The number of aldehydes is 1. The van der Waals surface area contributed by atoms with E-state index in [9.17, 15) is 18.0 Å². The Morgan fingerprint density at radius 2 is 1.96 bits per heavy atom. The van der Waals surface area contributed by atoms with Crippen molar-refractivity contribution >= 4 is 22.0 Å². The van der Waals surface area contributed by atoms with Gasteiger partial charge in [-0.05, 0) is 44.4 Å². The number of sulfone groups is 1. The summed E-state index contributed by atoms with van der Waals surface area (Å²) >= 11 is 0. The fourth-order valence-electron chi connectivity index (χ4n) is 3.25. The lowest BCUT2D eigenvalue weighted by Crippen LogP contribution is -2.45. The molecule has 2 aliphatic rings. The number of carbonyl (C=O) groups is 2. The maximum atomic E-state index is 12.7. The molecule has 1 saturated carbocycles. The molecule has 0 unspecified atom stereocenters. The van der Waals surface area contributed by atoms with Crippen LogP contribution in [0.2, 0.25) is 0 Å². The van der Waals surface area contributed by atoms with E-state index in [1.165, 1.54) is 0 Å². The van der Waals surface area contributed by atoms with Gasteiger partial charge in [0.25, 0.3) is 5.91 Å². The van der Waals surface area contributed by atoms with Gasteiger partial charge >= 0.3 is 0 Å². The predicted molar refractivity (Wildman–Crippen MR) is 95.4 cm³/mol. The summed E-state index contributed by atoms with van der Waals surface area (Å²) in [6.07, 6.45) is 3.01. The van der Waals surface area contributed by atoms with Gasteiger partial charge in [0.15, 0.2) is 27.9 Å². The Morgan fingerprint density at radius 1 is 1.19 bits per heavy atom. The van der Waals surface area contributed by atoms with Crippen molar-refractivity contribution < 1.29 is 27.5 Å². The van der Waals surface area contributed by atoms with Gasteiger partial charge in [0.2, 0.25) is 0 Å². The molecule has 0 aromatic heterocycles. The quantitative estimate of drug-likeness (QED) is 0.633. The van der Waals surface area contributed by atoms with Crippen LogP contribution in [0.25, 0.3) is 0 Å². The van der Waals surface area contributed by atoms with Crippen molar-refractivity contribution in [2.45, 2.75) is 38.3 Å². The largest absolute Gasteiger partial charge is 0.490 e. The SMILES string of the molecule is CCOc1cc(C=O)ccc1OCC(=O)N(C1CC1)[C@H]1CCS(=O)(=O)C1. The van der Waals surface area contributed by atoms with Gasteiger partial charge < -0.3 is 14.4 Å². The lowest BCUT2D eigenvalue weighted by molar-refractivity contribution is -0.135. The molecule has 1 aliphatic carbocycles. The fourth-order valence-corrected chi connectivity index (χ4v) is 4.96. The van der Waals surface area contributed by atoms with Crippen molar-refractivity contribution in [1.29, 1.82) is 0 Å². The average Bonchev–Trinajstić information content (AvgIpc) is 3.37. The highest BCUT2D eigenvalue weighted by molar-refractivity contribution is 7.91. The fraction of sp³-hybridized carbons (Fsp3) is 0.556. The zero-order chi connectivity index (χ0) is 18.7. The normalized spacial score (nSPS) is 21.2. The van der Waals surface area contributed by atoms with Crippen LogP contribution in [0.4, 0.5) is 0 Å². The molecular formula is C18H23NO6S. The predicted octanol–water partition coefficient (Wildman–Crippen LogP) is 1.45. The summed E-state index contributed by atoms with van der Waals surface area (Å²) in [6, 6.07) is 4.63. The van der Waals surface area contributed by atoms with Gasteiger partial charge in [-0.1, -0.05) is 0 Å². The molecule has 1 aromatic rings. The molecule has 1 saturated heterocycles. The molecule has 7 nitrogen and oxygen atoms in total. The first kappa shape index (κ1) is 18.7. The Morgan fingerprint density at radius 3 is 2.54 bits per heavy atom. The molecule has 0 N–H and O–H groups in total. The molecule has 0 bridgehead atoms. The Kier molecular flexibility index (Phi) is 5.50. The molecule has 0 spiro atoms. The van der Waals surface area contributed by atoms with E-state index in [2.05, 4.69) is 0 Å². The molecule has 142 valence electrons. The van der Waals surface area contributed by atoms with Gasteiger partial charge in [-0.2, -0.15) is 0 Å². The topological polar surface area (TPSA) is 90.0 Å². The molecule has 1 heterocycles. The average molecular weight is 381 g/mol. The number of hydrogen-bond acceptors (Lipinski definition) is 6. The molecule has 1 atom stereocenters. The summed E-state index contributed by atoms with van der Waals surface area (Å²) in [5, 5.41) is 0. The first-order valence-electron chi connectivity index (χ1n) is 8.80. The highest BCUT2D eigenvalue weighted by Gasteiger charge is 2.42. The summed E-state index contributed by atoms with van der Waals surface area (Å²) in [6.45, 7) is 2.03. The first-order chi connectivity index (χ1) is 12.4. The molecule has 8 heteroatoms. The zero-order valence-corrected chi connectivity index (χ0v) is 15.5. The van der Waals surface area contributed by atoms with Crippen molar-refractivity contribution in [3.05, 3.63) is 23.8 Å². The van der Waals surface area contributed by atoms with Crippen LogP contribution in [-0.4, -0.2) is 62.3 Å². The van der Waals surface area contributed by atoms with Crippen LogP contribution in [0.5, 0.6) is 11.5 Å². The molecule has 3 rings (SSSR count). The van der Waals surface area contributed by atoms with Gasteiger partial charge in [-0.15, -0.1) is 0 Å². The second-order valence-corrected chi connectivity index (χ2v) is 8.86. The second kappa shape index (κ2) is 7.65. The second-order valence-electron chi connectivity index (χ2n) is 6.63. The summed E-state index contributed by atoms with van der Waals surface area (Å²) in [4.78, 5) is 25.3. The molecule has 1 aromatic carbocycles. The maximum absolute atomic E-state index is 12.7. The van der Waals surface area contributed by atoms with Crippen LogP contribution < -0.4 is 9.47 Å². The van der Waals surface area contributed by atoms with E-state index in [4.69, 9.17) is 9.47 Å². The van der Waals surface area contributed by atoms with Gasteiger partial charge in [-0.3, -0.25) is 9.59 Å². The van der Waals surface area contributed by atoms with Crippen molar-refractivity contribution in [1.82, 2.24) is 4.90 Å². The summed E-state index contributed by atoms with van der Waals surface area (Å²) in [7, 11) is -3.06. The van der Waals surface area contributed by atoms with Gasteiger partial charge in [0.05, 0.1) is 18.1 Å². The number of rotatable bonds is 8. The molecular weight excluding hydrogens is 358 g/mol. The number of benzene rings is 1. The van der Waals surface area contributed by atoms with E-state index in [0.717, 1.165) is 12.8 Å². The van der Waals surface area contributed by atoms with Crippen LogP contribution in [0.3, 0.4) is 0 Å². The van der Waals surface area contributed by atoms with E-state index in [0.29, 0.717) is 36.4 Å².